The lowest BCUT2D eigenvalue weighted by molar-refractivity contribution is 1.29. The molecule has 0 saturated carbocycles. The first-order chi connectivity index (χ1) is 26.3. The van der Waals surface area contributed by atoms with Gasteiger partial charge in [0.1, 0.15) is 0 Å². The molecule has 1 aliphatic heterocycles. The van der Waals surface area contributed by atoms with Crippen LogP contribution in [0, 0.1) is 0 Å². The van der Waals surface area contributed by atoms with Gasteiger partial charge in [0.15, 0.2) is 0 Å². The molecule has 0 spiro atoms. The Labute approximate surface area is 311 Å². The first-order valence-electron chi connectivity index (χ1n) is 18.1. The zero-order valence-electron chi connectivity index (χ0n) is 28.8. The minimum absolute atomic E-state index is 1.12. The van der Waals surface area contributed by atoms with E-state index in [4.69, 9.17) is 0 Å². The van der Waals surface area contributed by atoms with Gasteiger partial charge in [-0.05, 0) is 105 Å². The van der Waals surface area contributed by atoms with Gasteiger partial charge < -0.3 is 10.2 Å². The van der Waals surface area contributed by atoms with E-state index in [0.717, 1.165) is 28.4 Å². The van der Waals surface area contributed by atoms with Crippen molar-refractivity contribution in [3.63, 3.8) is 0 Å². The fourth-order valence-corrected chi connectivity index (χ4v) is 9.39. The van der Waals surface area contributed by atoms with Gasteiger partial charge in [-0.25, -0.2) is 0 Å². The molecule has 0 aliphatic carbocycles. The highest BCUT2D eigenvalue weighted by Crippen LogP contribution is 2.49. The lowest BCUT2D eigenvalue weighted by atomic mass is 9.86. The zero-order valence-corrected chi connectivity index (χ0v) is 29.6. The van der Waals surface area contributed by atoms with E-state index in [9.17, 15) is 0 Å². The number of hydrogen-bond donors (Lipinski definition) is 1. The van der Waals surface area contributed by atoms with Crippen molar-refractivity contribution in [2.45, 2.75) is 0 Å². The highest BCUT2D eigenvalue weighted by molar-refractivity contribution is 7.25. The maximum absolute atomic E-state index is 3.77. The maximum atomic E-state index is 3.77. The minimum atomic E-state index is 1.12. The molecule has 0 bridgehead atoms. The molecule has 3 heteroatoms. The standard InChI is InChI=1S/C50H32N2S/c1-2-9-32(10-3-1)33-17-22-36(23-18-33)52(38-26-30-48-44(31-38)41-13-6-7-16-47(41)53-48)37-24-19-35(20-25-37)39-27-29-46-50-42(39)14-8-15-43(50)49-40-12-5-4-11-34(40)21-28-45(49)51-46/h1-31,51H. The molecule has 0 radical (unpaired) electrons. The van der Waals surface area contributed by atoms with E-state index in [-0.39, 0.29) is 0 Å². The van der Waals surface area contributed by atoms with Crippen molar-refractivity contribution in [2.24, 2.45) is 0 Å². The van der Waals surface area contributed by atoms with Crippen LogP contribution in [0.25, 0.3) is 75.1 Å². The molecular formula is C50H32N2S. The van der Waals surface area contributed by atoms with E-state index < -0.39 is 0 Å². The number of nitrogens with one attached hydrogen (secondary N) is 1. The molecule has 11 rings (SSSR count). The Morgan fingerprint density at radius 3 is 1.85 bits per heavy atom. The zero-order chi connectivity index (χ0) is 34.9. The summed E-state index contributed by atoms with van der Waals surface area (Å²) in [4.78, 5) is 2.38. The average molecular weight is 693 g/mol. The van der Waals surface area contributed by atoms with E-state index in [1.807, 2.05) is 11.3 Å². The predicted octanol–water partition coefficient (Wildman–Crippen LogP) is 14.9. The molecule has 9 aromatic carbocycles. The molecule has 248 valence electrons. The number of fused-ring (bicyclic) bond motifs is 7. The smallest absolute Gasteiger partial charge is 0.0470 e. The van der Waals surface area contributed by atoms with Crippen LogP contribution in [0.1, 0.15) is 0 Å². The summed E-state index contributed by atoms with van der Waals surface area (Å²) in [5, 5.41) is 11.4. The highest BCUT2D eigenvalue weighted by Gasteiger charge is 2.22. The van der Waals surface area contributed by atoms with Crippen molar-refractivity contribution in [1.82, 2.24) is 0 Å². The molecule has 0 amide bonds. The summed E-state index contributed by atoms with van der Waals surface area (Å²) in [6, 6.07) is 68.6. The summed E-state index contributed by atoms with van der Waals surface area (Å²) in [5.74, 6) is 0. The summed E-state index contributed by atoms with van der Waals surface area (Å²) in [6.07, 6.45) is 0. The quantitative estimate of drug-likeness (QED) is 0.193. The Bertz CT molecular complexity index is 3010. The summed E-state index contributed by atoms with van der Waals surface area (Å²) in [6.45, 7) is 0. The van der Waals surface area contributed by atoms with Gasteiger partial charge in [-0.1, -0.05) is 127 Å². The molecule has 1 aliphatic rings. The Hall–Kier alpha value is -6.68. The van der Waals surface area contributed by atoms with Crippen LogP contribution in [0.15, 0.2) is 188 Å². The molecule has 0 unspecified atom stereocenters. The number of hydrogen-bond acceptors (Lipinski definition) is 3. The average Bonchev–Trinajstić information content (AvgIpc) is 3.60. The first kappa shape index (κ1) is 30.0. The molecular weight excluding hydrogens is 661 g/mol. The van der Waals surface area contributed by atoms with Crippen LogP contribution < -0.4 is 10.2 Å². The Balaban J connectivity index is 1.03. The number of benzene rings is 9. The highest BCUT2D eigenvalue weighted by atomic mass is 32.1. The van der Waals surface area contributed by atoms with Crippen molar-refractivity contribution in [3.8, 4) is 33.4 Å². The molecule has 1 N–H and O–H groups in total. The molecule has 2 heterocycles. The van der Waals surface area contributed by atoms with Crippen LogP contribution in [0.2, 0.25) is 0 Å². The molecule has 0 saturated heterocycles. The molecule has 10 aromatic rings. The van der Waals surface area contributed by atoms with Crippen LogP contribution in [0.3, 0.4) is 0 Å². The van der Waals surface area contributed by atoms with Crippen LogP contribution in [0.4, 0.5) is 28.4 Å². The van der Waals surface area contributed by atoms with Crippen LogP contribution in [-0.2, 0) is 0 Å². The Morgan fingerprint density at radius 2 is 1.02 bits per heavy atom. The molecule has 0 fully saturated rings. The fraction of sp³-hybridized carbons (Fsp3) is 0. The van der Waals surface area contributed by atoms with Gasteiger partial charge in [-0.3, -0.25) is 0 Å². The van der Waals surface area contributed by atoms with Crippen molar-refractivity contribution < 1.29 is 0 Å². The van der Waals surface area contributed by atoms with Gasteiger partial charge in [0, 0.05) is 59.6 Å². The second-order valence-electron chi connectivity index (χ2n) is 13.8. The van der Waals surface area contributed by atoms with Gasteiger partial charge in [-0.15, -0.1) is 11.3 Å². The molecule has 2 nitrogen and oxygen atoms in total. The monoisotopic (exact) mass is 692 g/mol. The Kier molecular flexibility index (Phi) is 6.76. The number of nitrogens with zero attached hydrogens (tertiary/aromatic N) is 1. The van der Waals surface area contributed by atoms with Crippen LogP contribution in [-0.4, -0.2) is 0 Å². The molecule has 0 atom stereocenters. The van der Waals surface area contributed by atoms with Crippen LogP contribution >= 0.6 is 11.3 Å². The van der Waals surface area contributed by atoms with Gasteiger partial charge in [0.2, 0.25) is 0 Å². The third kappa shape index (κ3) is 4.86. The third-order valence-electron chi connectivity index (χ3n) is 10.8. The van der Waals surface area contributed by atoms with Gasteiger partial charge in [0.05, 0.1) is 0 Å². The van der Waals surface area contributed by atoms with E-state index >= 15 is 0 Å². The lowest BCUT2D eigenvalue weighted by Gasteiger charge is -2.27. The summed E-state index contributed by atoms with van der Waals surface area (Å²) >= 11 is 1.86. The summed E-state index contributed by atoms with van der Waals surface area (Å²) in [7, 11) is 0. The fourth-order valence-electron chi connectivity index (χ4n) is 8.31. The van der Waals surface area contributed by atoms with Gasteiger partial charge in [0.25, 0.3) is 0 Å². The van der Waals surface area contributed by atoms with E-state index in [1.54, 1.807) is 0 Å². The SMILES string of the molecule is c1ccc(-c2ccc(N(c3ccc(-c4ccc5c6c(cccc46)-c4c(ccc6ccccc46)N5)cc3)c3ccc4sc5ccccc5c4c3)cc2)cc1. The van der Waals surface area contributed by atoms with Crippen molar-refractivity contribution in [1.29, 1.82) is 0 Å². The van der Waals surface area contributed by atoms with E-state index in [2.05, 4.69) is 198 Å². The number of anilines is 5. The summed E-state index contributed by atoms with van der Waals surface area (Å²) < 4.78 is 2.62. The number of thiophene rings is 1. The van der Waals surface area contributed by atoms with Crippen LogP contribution in [0.5, 0.6) is 0 Å². The van der Waals surface area contributed by atoms with Crippen molar-refractivity contribution >= 4 is 81.5 Å². The van der Waals surface area contributed by atoms with Gasteiger partial charge >= 0.3 is 0 Å². The second-order valence-corrected chi connectivity index (χ2v) is 14.9. The van der Waals surface area contributed by atoms with E-state index in [0.29, 0.717) is 0 Å². The maximum Gasteiger partial charge on any atom is 0.0470 e. The summed E-state index contributed by atoms with van der Waals surface area (Å²) in [5.41, 5.74) is 13.1. The molecule has 1 aromatic heterocycles. The topological polar surface area (TPSA) is 15.3 Å². The first-order valence-corrected chi connectivity index (χ1v) is 18.9. The number of rotatable bonds is 5. The van der Waals surface area contributed by atoms with E-state index in [1.165, 1.54) is 75.1 Å². The Morgan fingerprint density at radius 1 is 0.377 bits per heavy atom. The van der Waals surface area contributed by atoms with Crippen molar-refractivity contribution in [3.05, 3.63) is 188 Å². The minimum Gasteiger partial charge on any atom is -0.354 e. The predicted molar refractivity (Wildman–Crippen MR) is 229 cm³/mol. The molecule has 53 heavy (non-hydrogen) atoms. The normalized spacial score (nSPS) is 11.9. The lowest BCUT2D eigenvalue weighted by Crippen LogP contribution is -2.09. The second kappa shape index (κ2) is 11.9. The third-order valence-corrected chi connectivity index (χ3v) is 11.9. The van der Waals surface area contributed by atoms with Crippen molar-refractivity contribution in [2.75, 3.05) is 10.2 Å². The largest absolute Gasteiger partial charge is 0.354 e. The van der Waals surface area contributed by atoms with Gasteiger partial charge in [-0.2, -0.15) is 0 Å².